The number of rotatable bonds is 2. The Labute approximate surface area is 115 Å². The minimum absolute atomic E-state index is 0.0215. The van der Waals surface area contributed by atoms with Gasteiger partial charge in [0.2, 0.25) is 0 Å². The van der Waals surface area contributed by atoms with Crippen molar-refractivity contribution in [2.75, 3.05) is 5.73 Å². The standard InChI is InChI=1S/C15H14N4O/c1-9-14-13(19(9)8-17-14)7-18-5-4-10-6-11(16)2-3-12(10)15(18)20/h2-6,8,13H,7,16H2,1H3. The van der Waals surface area contributed by atoms with E-state index < -0.39 is 0 Å². The second kappa shape index (κ2) is 3.72. The Morgan fingerprint density at radius 3 is 2.90 bits per heavy atom. The van der Waals surface area contributed by atoms with Crippen LogP contribution in [0.3, 0.4) is 0 Å². The van der Waals surface area contributed by atoms with Gasteiger partial charge in [-0.15, -0.1) is 0 Å². The molecule has 4 heterocycles. The van der Waals surface area contributed by atoms with Crippen molar-refractivity contribution >= 4 is 16.5 Å². The molecule has 5 rings (SSSR count). The topological polar surface area (TPSA) is 65.8 Å². The highest BCUT2D eigenvalue weighted by Crippen LogP contribution is 2.33. The fourth-order valence-corrected chi connectivity index (χ4v) is 2.95. The normalized spacial score (nSPS) is 16.4. The van der Waals surface area contributed by atoms with Crippen LogP contribution in [0.15, 0.2) is 41.6 Å². The molecular formula is C15H14N4O. The number of aryl methyl sites for hydroxylation is 1. The lowest BCUT2D eigenvalue weighted by Crippen LogP contribution is -2.30. The SMILES string of the molecule is Cc1c2ncn1C2Cn1ccc2cc(N)ccc2c1=O. The van der Waals surface area contributed by atoms with Gasteiger partial charge in [0.1, 0.15) is 0 Å². The van der Waals surface area contributed by atoms with E-state index in [9.17, 15) is 4.79 Å². The van der Waals surface area contributed by atoms with E-state index in [4.69, 9.17) is 5.73 Å². The van der Waals surface area contributed by atoms with E-state index >= 15 is 0 Å². The summed E-state index contributed by atoms with van der Waals surface area (Å²) in [7, 11) is 0. The fourth-order valence-electron chi connectivity index (χ4n) is 2.95. The number of hydrogen-bond donors (Lipinski definition) is 1. The highest BCUT2D eigenvalue weighted by molar-refractivity contribution is 5.84. The van der Waals surface area contributed by atoms with Gasteiger partial charge in [0.05, 0.1) is 24.6 Å². The predicted octanol–water partition coefficient (Wildman–Crippen LogP) is 1.69. The van der Waals surface area contributed by atoms with Gasteiger partial charge >= 0.3 is 0 Å². The number of imidazole rings is 1. The summed E-state index contributed by atoms with van der Waals surface area (Å²) in [4.78, 5) is 16.8. The molecule has 2 N–H and O–H groups in total. The number of hydrogen-bond acceptors (Lipinski definition) is 3. The van der Waals surface area contributed by atoms with Crippen LogP contribution < -0.4 is 11.3 Å². The highest BCUT2D eigenvalue weighted by Gasteiger charge is 2.31. The molecule has 2 aliphatic rings. The van der Waals surface area contributed by atoms with E-state index in [1.165, 1.54) is 5.69 Å². The van der Waals surface area contributed by atoms with Crippen LogP contribution in [-0.4, -0.2) is 14.1 Å². The van der Waals surface area contributed by atoms with Crippen molar-refractivity contribution in [2.45, 2.75) is 19.5 Å². The van der Waals surface area contributed by atoms with Crippen molar-refractivity contribution in [1.82, 2.24) is 14.1 Å². The van der Waals surface area contributed by atoms with Gasteiger partial charge in [-0.25, -0.2) is 4.98 Å². The van der Waals surface area contributed by atoms with Crippen molar-refractivity contribution in [2.24, 2.45) is 0 Å². The molecule has 1 unspecified atom stereocenters. The molecule has 0 aliphatic carbocycles. The number of nitrogens with two attached hydrogens (primary N) is 1. The zero-order valence-electron chi connectivity index (χ0n) is 11.1. The van der Waals surface area contributed by atoms with Gasteiger partial charge in [-0.1, -0.05) is 0 Å². The molecule has 1 aromatic carbocycles. The molecule has 5 heteroatoms. The van der Waals surface area contributed by atoms with Gasteiger partial charge in [0.15, 0.2) is 0 Å². The van der Waals surface area contributed by atoms with Gasteiger partial charge in [-0.2, -0.15) is 0 Å². The lowest BCUT2D eigenvalue weighted by atomic mass is 10.1. The maximum absolute atomic E-state index is 12.5. The Kier molecular flexibility index (Phi) is 2.10. The maximum Gasteiger partial charge on any atom is 0.258 e. The quantitative estimate of drug-likeness (QED) is 0.718. The number of fused-ring (bicyclic) bond motifs is 2. The molecule has 0 amide bonds. The molecule has 5 nitrogen and oxygen atoms in total. The Morgan fingerprint density at radius 2 is 2.20 bits per heavy atom. The van der Waals surface area contributed by atoms with Crippen molar-refractivity contribution in [3.05, 3.63) is 58.5 Å². The molecule has 0 saturated carbocycles. The van der Waals surface area contributed by atoms with Gasteiger partial charge in [0.25, 0.3) is 5.56 Å². The number of aromatic nitrogens is 3. The minimum atomic E-state index is 0.0215. The first-order valence-electron chi connectivity index (χ1n) is 6.57. The molecule has 0 radical (unpaired) electrons. The number of nitrogens with zero attached hydrogens (tertiary/aromatic N) is 3. The van der Waals surface area contributed by atoms with Gasteiger partial charge in [0, 0.05) is 23.0 Å². The molecule has 100 valence electrons. The molecule has 2 aromatic heterocycles. The molecule has 2 bridgehead atoms. The van der Waals surface area contributed by atoms with E-state index in [0.717, 1.165) is 11.1 Å². The highest BCUT2D eigenvalue weighted by atomic mass is 16.1. The van der Waals surface area contributed by atoms with Crippen LogP contribution in [0.25, 0.3) is 10.8 Å². The summed E-state index contributed by atoms with van der Waals surface area (Å²) >= 11 is 0. The molecule has 0 spiro atoms. The zero-order valence-corrected chi connectivity index (χ0v) is 11.1. The molecule has 2 aliphatic heterocycles. The lowest BCUT2D eigenvalue weighted by molar-refractivity contribution is 0.441. The number of benzene rings is 1. The average molecular weight is 266 g/mol. The maximum atomic E-state index is 12.5. The Hall–Kier alpha value is -2.56. The van der Waals surface area contributed by atoms with Crippen molar-refractivity contribution in [3.63, 3.8) is 0 Å². The molecule has 0 fully saturated rings. The monoisotopic (exact) mass is 266 g/mol. The fraction of sp³-hybridized carbons (Fsp3) is 0.200. The Bertz CT molecular complexity index is 869. The lowest BCUT2D eigenvalue weighted by Gasteiger charge is -2.26. The van der Waals surface area contributed by atoms with Crippen LogP contribution in [0.4, 0.5) is 5.69 Å². The van der Waals surface area contributed by atoms with E-state index in [1.807, 2.05) is 31.6 Å². The van der Waals surface area contributed by atoms with Crippen LogP contribution in [-0.2, 0) is 6.54 Å². The summed E-state index contributed by atoms with van der Waals surface area (Å²) in [6, 6.07) is 7.53. The van der Waals surface area contributed by atoms with Crippen LogP contribution in [0.2, 0.25) is 0 Å². The van der Waals surface area contributed by atoms with Gasteiger partial charge in [-0.05, 0) is 36.6 Å². The first-order valence-corrected chi connectivity index (χ1v) is 6.57. The zero-order chi connectivity index (χ0) is 13.9. The molecule has 3 aromatic rings. The van der Waals surface area contributed by atoms with Crippen LogP contribution in [0, 0.1) is 6.92 Å². The second-order valence-corrected chi connectivity index (χ2v) is 5.26. The van der Waals surface area contributed by atoms with E-state index in [-0.39, 0.29) is 11.6 Å². The summed E-state index contributed by atoms with van der Waals surface area (Å²) in [5, 5.41) is 1.59. The first-order chi connectivity index (χ1) is 9.65. The van der Waals surface area contributed by atoms with Crippen LogP contribution in [0.5, 0.6) is 0 Å². The summed E-state index contributed by atoms with van der Waals surface area (Å²) in [6.07, 6.45) is 3.67. The van der Waals surface area contributed by atoms with E-state index in [0.29, 0.717) is 17.6 Å². The number of anilines is 1. The summed E-state index contributed by atoms with van der Waals surface area (Å²) in [5.41, 5.74) is 8.72. The number of nitrogen functional groups attached to an aromatic ring is 1. The minimum Gasteiger partial charge on any atom is -0.399 e. The third kappa shape index (κ3) is 1.37. The second-order valence-electron chi connectivity index (χ2n) is 5.26. The first kappa shape index (κ1) is 11.3. The van der Waals surface area contributed by atoms with E-state index in [1.54, 1.807) is 16.7 Å². The Balaban J connectivity index is 1.75. The number of pyridine rings is 1. The van der Waals surface area contributed by atoms with Gasteiger partial charge < -0.3 is 14.9 Å². The molecule has 20 heavy (non-hydrogen) atoms. The molecule has 1 atom stereocenters. The van der Waals surface area contributed by atoms with E-state index in [2.05, 4.69) is 9.55 Å². The summed E-state index contributed by atoms with van der Waals surface area (Å²) < 4.78 is 3.85. The van der Waals surface area contributed by atoms with Crippen LogP contribution >= 0.6 is 0 Å². The largest absolute Gasteiger partial charge is 0.399 e. The van der Waals surface area contributed by atoms with Crippen molar-refractivity contribution < 1.29 is 0 Å². The summed E-state index contributed by atoms with van der Waals surface area (Å²) in [5.74, 6) is 0. The van der Waals surface area contributed by atoms with Crippen molar-refractivity contribution in [3.8, 4) is 0 Å². The third-order valence-corrected chi connectivity index (χ3v) is 4.10. The average Bonchev–Trinajstić information content (AvgIpc) is 3.02. The van der Waals surface area contributed by atoms with Gasteiger partial charge in [-0.3, -0.25) is 4.79 Å². The smallest absolute Gasteiger partial charge is 0.258 e. The Morgan fingerprint density at radius 1 is 1.35 bits per heavy atom. The predicted molar refractivity (Wildman–Crippen MR) is 77.7 cm³/mol. The van der Waals surface area contributed by atoms with Crippen molar-refractivity contribution in [1.29, 1.82) is 0 Å². The summed E-state index contributed by atoms with van der Waals surface area (Å²) in [6.45, 7) is 2.68. The molecular weight excluding hydrogens is 252 g/mol. The third-order valence-electron chi connectivity index (χ3n) is 4.10. The molecule has 0 saturated heterocycles. The van der Waals surface area contributed by atoms with Crippen LogP contribution in [0.1, 0.15) is 17.4 Å².